The van der Waals surface area contributed by atoms with E-state index in [1.165, 1.54) is 5.56 Å². The van der Waals surface area contributed by atoms with E-state index in [0.717, 1.165) is 36.3 Å². The van der Waals surface area contributed by atoms with Gasteiger partial charge in [-0.15, -0.1) is 0 Å². The number of amides is 1. The molecule has 0 aliphatic carbocycles. The van der Waals surface area contributed by atoms with Crippen molar-refractivity contribution in [2.75, 3.05) is 11.9 Å². The standard InChI is InChI=1S/C23H31NO2/c1-5-6-14-26-22-9-7-8-21(16-22)24-23(25)18(4)20-12-10-19(11-13-20)15-17(2)3/h7-13,16-18H,5-6,14-15H2,1-4H3,(H,24,25). The molecule has 2 aromatic carbocycles. The van der Waals surface area contributed by atoms with Crippen molar-refractivity contribution in [3.63, 3.8) is 0 Å². The van der Waals surface area contributed by atoms with Crippen LogP contribution in [-0.2, 0) is 11.2 Å². The Morgan fingerprint density at radius 1 is 1.08 bits per heavy atom. The lowest BCUT2D eigenvalue weighted by atomic mass is 9.96. The van der Waals surface area contributed by atoms with Crippen LogP contribution in [0, 0.1) is 5.92 Å². The lowest BCUT2D eigenvalue weighted by Crippen LogP contribution is -2.18. The Kier molecular flexibility index (Phi) is 7.71. The molecule has 2 aromatic rings. The molecule has 0 radical (unpaired) electrons. The number of nitrogens with one attached hydrogen (secondary N) is 1. The predicted molar refractivity (Wildman–Crippen MR) is 109 cm³/mol. The third-order valence-corrected chi connectivity index (χ3v) is 4.39. The van der Waals surface area contributed by atoms with Gasteiger partial charge in [-0.2, -0.15) is 0 Å². The van der Waals surface area contributed by atoms with Crippen molar-refractivity contribution < 1.29 is 9.53 Å². The number of rotatable bonds is 9. The van der Waals surface area contributed by atoms with Crippen molar-refractivity contribution >= 4 is 11.6 Å². The first kappa shape index (κ1) is 20.0. The zero-order chi connectivity index (χ0) is 18.9. The second kappa shape index (κ2) is 10.0. The van der Waals surface area contributed by atoms with Gasteiger partial charge in [-0.05, 0) is 48.9 Å². The Labute approximate surface area is 157 Å². The van der Waals surface area contributed by atoms with E-state index in [2.05, 4.69) is 50.4 Å². The largest absolute Gasteiger partial charge is 0.494 e. The molecule has 1 N–H and O–H groups in total. The lowest BCUT2D eigenvalue weighted by molar-refractivity contribution is -0.117. The van der Waals surface area contributed by atoms with Crippen LogP contribution in [0.15, 0.2) is 48.5 Å². The van der Waals surface area contributed by atoms with Crippen molar-refractivity contribution in [2.45, 2.75) is 52.9 Å². The molecule has 1 unspecified atom stereocenters. The van der Waals surface area contributed by atoms with Gasteiger partial charge >= 0.3 is 0 Å². The molecule has 1 atom stereocenters. The molecular weight excluding hydrogens is 322 g/mol. The zero-order valence-corrected chi connectivity index (χ0v) is 16.4. The summed E-state index contributed by atoms with van der Waals surface area (Å²) in [6.07, 6.45) is 3.19. The van der Waals surface area contributed by atoms with Gasteiger partial charge in [0.05, 0.1) is 12.5 Å². The summed E-state index contributed by atoms with van der Waals surface area (Å²) in [5.41, 5.74) is 3.12. The normalized spacial score (nSPS) is 12.0. The van der Waals surface area contributed by atoms with Gasteiger partial charge in [0.2, 0.25) is 5.91 Å². The first-order valence-electron chi connectivity index (χ1n) is 9.62. The molecule has 3 heteroatoms. The Morgan fingerprint density at radius 3 is 2.46 bits per heavy atom. The van der Waals surface area contributed by atoms with Crippen LogP contribution in [0.3, 0.4) is 0 Å². The van der Waals surface area contributed by atoms with E-state index in [9.17, 15) is 4.79 Å². The highest BCUT2D eigenvalue weighted by Gasteiger charge is 2.15. The topological polar surface area (TPSA) is 38.3 Å². The maximum Gasteiger partial charge on any atom is 0.231 e. The van der Waals surface area contributed by atoms with Gasteiger partial charge in [0, 0.05) is 11.8 Å². The van der Waals surface area contributed by atoms with Crippen LogP contribution < -0.4 is 10.1 Å². The number of anilines is 1. The second-order valence-electron chi connectivity index (χ2n) is 7.28. The van der Waals surface area contributed by atoms with Gasteiger partial charge in [0.15, 0.2) is 0 Å². The molecule has 0 aromatic heterocycles. The maximum atomic E-state index is 12.6. The third-order valence-electron chi connectivity index (χ3n) is 4.39. The van der Waals surface area contributed by atoms with Crippen LogP contribution in [0.5, 0.6) is 5.75 Å². The minimum Gasteiger partial charge on any atom is -0.494 e. The summed E-state index contributed by atoms with van der Waals surface area (Å²) in [5.74, 6) is 1.22. The number of unbranched alkanes of at least 4 members (excludes halogenated alkanes) is 1. The Hall–Kier alpha value is -2.29. The molecule has 0 aliphatic rings. The molecule has 3 nitrogen and oxygen atoms in total. The minimum atomic E-state index is -0.201. The van der Waals surface area contributed by atoms with E-state index in [4.69, 9.17) is 4.74 Å². The first-order valence-corrected chi connectivity index (χ1v) is 9.62. The number of carbonyl (C=O) groups excluding carboxylic acids is 1. The lowest BCUT2D eigenvalue weighted by Gasteiger charge is -2.14. The van der Waals surface area contributed by atoms with Crippen molar-refractivity contribution in [1.29, 1.82) is 0 Å². The molecule has 2 rings (SSSR count). The highest BCUT2D eigenvalue weighted by molar-refractivity contribution is 5.95. The van der Waals surface area contributed by atoms with Crippen LogP contribution >= 0.6 is 0 Å². The Morgan fingerprint density at radius 2 is 1.81 bits per heavy atom. The molecule has 0 saturated heterocycles. The average molecular weight is 354 g/mol. The number of ether oxygens (including phenoxy) is 1. The number of carbonyl (C=O) groups is 1. The fourth-order valence-corrected chi connectivity index (χ4v) is 2.81. The van der Waals surface area contributed by atoms with Gasteiger partial charge in [-0.3, -0.25) is 4.79 Å². The molecule has 140 valence electrons. The number of hydrogen-bond donors (Lipinski definition) is 1. The summed E-state index contributed by atoms with van der Waals surface area (Å²) in [6, 6.07) is 16.0. The SMILES string of the molecule is CCCCOc1cccc(NC(=O)C(C)c2ccc(CC(C)C)cc2)c1. The second-order valence-corrected chi connectivity index (χ2v) is 7.28. The van der Waals surface area contributed by atoms with Crippen molar-refractivity contribution in [3.05, 3.63) is 59.7 Å². The van der Waals surface area contributed by atoms with Crippen molar-refractivity contribution in [3.8, 4) is 5.75 Å². The Bertz CT molecular complexity index is 692. The summed E-state index contributed by atoms with van der Waals surface area (Å²) in [7, 11) is 0. The van der Waals surface area contributed by atoms with E-state index >= 15 is 0 Å². The van der Waals surface area contributed by atoms with Crippen LogP contribution in [0.2, 0.25) is 0 Å². The first-order chi connectivity index (χ1) is 12.5. The molecule has 1 amide bonds. The van der Waals surface area contributed by atoms with Gasteiger partial charge in [-0.1, -0.05) is 57.5 Å². The molecule has 26 heavy (non-hydrogen) atoms. The highest BCUT2D eigenvalue weighted by Crippen LogP contribution is 2.22. The summed E-state index contributed by atoms with van der Waals surface area (Å²) in [5, 5.41) is 3.00. The third kappa shape index (κ3) is 6.21. The molecule has 0 fully saturated rings. The Balaban J connectivity index is 1.97. The van der Waals surface area contributed by atoms with Crippen LogP contribution in [0.4, 0.5) is 5.69 Å². The monoisotopic (exact) mass is 353 g/mol. The van der Waals surface area contributed by atoms with Gasteiger partial charge in [-0.25, -0.2) is 0 Å². The summed E-state index contributed by atoms with van der Waals surface area (Å²) >= 11 is 0. The van der Waals surface area contributed by atoms with E-state index in [1.807, 2.05) is 31.2 Å². The van der Waals surface area contributed by atoms with E-state index < -0.39 is 0 Å². The molecular formula is C23H31NO2. The van der Waals surface area contributed by atoms with Crippen LogP contribution in [0.1, 0.15) is 57.6 Å². The van der Waals surface area contributed by atoms with Crippen LogP contribution in [0.25, 0.3) is 0 Å². The number of hydrogen-bond acceptors (Lipinski definition) is 2. The highest BCUT2D eigenvalue weighted by atomic mass is 16.5. The molecule has 0 spiro atoms. The molecule has 0 heterocycles. The molecule has 0 aliphatic heterocycles. The van der Waals surface area contributed by atoms with Crippen molar-refractivity contribution in [2.24, 2.45) is 5.92 Å². The zero-order valence-electron chi connectivity index (χ0n) is 16.4. The molecule has 0 bridgehead atoms. The van der Waals surface area contributed by atoms with Crippen LogP contribution in [-0.4, -0.2) is 12.5 Å². The van der Waals surface area contributed by atoms with Gasteiger partial charge in [0.1, 0.15) is 5.75 Å². The van der Waals surface area contributed by atoms with Gasteiger partial charge < -0.3 is 10.1 Å². The summed E-state index contributed by atoms with van der Waals surface area (Å²) in [6.45, 7) is 9.20. The minimum absolute atomic E-state index is 0.00711. The smallest absolute Gasteiger partial charge is 0.231 e. The fraction of sp³-hybridized carbons (Fsp3) is 0.435. The van der Waals surface area contributed by atoms with E-state index in [0.29, 0.717) is 12.5 Å². The fourth-order valence-electron chi connectivity index (χ4n) is 2.81. The average Bonchev–Trinajstić information content (AvgIpc) is 2.62. The quantitative estimate of drug-likeness (QED) is 0.578. The van der Waals surface area contributed by atoms with Gasteiger partial charge in [0.25, 0.3) is 0 Å². The number of benzene rings is 2. The summed E-state index contributed by atoms with van der Waals surface area (Å²) in [4.78, 5) is 12.6. The van der Waals surface area contributed by atoms with Crippen molar-refractivity contribution in [1.82, 2.24) is 0 Å². The predicted octanol–water partition coefficient (Wildman–Crippen LogP) is 5.81. The van der Waals surface area contributed by atoms with E-state index in [1.54, 1.807) is 0 Å². The summed E-state index contributed by atoms with van der Waals surface area (Å²) < 4.78 is 5.71. The van der Waals surface area contributed by atoms with E-state index in [-0.39, 0.29) is 11.8 Å². The molecule has 0 saturated carbocycles. The maximum absolute atomic E-state index is 12.6.